The Morgan fingerprint density at radius 2 is 1.85 bits per heavy atom. The normalized spacial score (nSPS) is 11.6. The maximum absolute atomic E-state index is 13.0. The summed E-state index contributed by atoms with van der Waals surface area (Å²) in [4.78, 5) is 30.4. The number of carbonyl (C=O) groups excluding carboxylic acids is 1. The molecule has 3 rings (SSSR count). The van der Waals surface area contributed by atoms with Crippen LogP contribution < -0.4 is 5.56 Å². The van der Waals surface area contributed by atoms with Gasteiger partial charge in [0.25, 0.3) is 11.5 Å². The van der Waals surface area contributed by atoms with Crippen LogP contribution in [0, 0.1) is 0 Å². The van der Waals surface area contributed by atoms with Crippen LogP contribution in [-0.4, -0.2) is 54.0 Å². The number of rotatable bonds is 6. The Labute approximate surface area is 157 Å². The quantitative estimate of drug-likeness (QED) is 0.668. The number of fused-ring (bicyclic) bond motifs is 3. The van der Waals surface area contributed by atoms with Gasteiger partial charge in [0.2, 0.25) is 0 Å². The molecule has 138 valence electrons. The Bertz CT molecular complexity index is 1000. The number of aromatic nitrogens is 1. The van der Waals surface area contributed by atoms with Crippen LogP contribution in [0.1, 0.15) is 23.5 Å². The Kier molecular flexibility index (Phi) is 5.44. The van der Waals surface area contributed by atoms with E-state index in [2.05, 4.69) is 4.90 Å². The number of hydrogen-bond acceptors (Lipinski definition) is 4. The number of amides is 1. The van der Waals surface area contributed by atoms with Gasteiger partial charge >= 0.3 is 0 Å². The molecular formula is C20H25N3O2S. The molecule has 0 radical (unpaired) electrons. The molecule has 5 nitrogen and oxygen atoms in total. The van der Waals surface area contributed by atoms with Gasteiger partial charge in [-0.05, 0) is 40.1 Å². The van der Waals surface area contributed by atoms with Crippen molar-refractivity contribution in [2.24, 2.45) is 0 Å². The Balaban J connectivity index is 2.12. The van der Waals surface area contributed by atoms with Crippen molar-refractivity contribution >= 4 is 38.2 Å². The number of likely N-dealkylation sites (N-methyl/N-ethyl adjacent to an activating group) is 2. The van der Waals surface area contributed by atoms with E-state index in [-0.39, 0.29) is 11.5 Å². The van der Waals surface area contributed by atoms with E-state index in [1.54, 1.807) is 10.6 Å². The van der Waals surface area contributed by atoms with Gasteiger partial charge < -0.3 is 14.4 Å². The minimum atomic E-state index is -0.0205. The van der Waals surface area contributed by atoms with E-state index in [1.165, 1.54) is 11.3 Å². The molecule has 3 aromatic rings. The van der Waals surface area contributed by atoms with E-state index in [0.717, 1.165) is 22.1 Å². The van der Waals surface area contributed by atoms with Gasteiger partial charge in [0.15, 0.2) is 0 Å². The minimum absolute atomic E-state index is 0.00193. The van der Waals surface area contributed by atoms with E-state index in [1.807, 2.05) is 57.1 Å². The first-order chi connectivity index (χ1) is 12.5. The molecule has 6 heteroatoms. The predicted molar refractivity (Wildman–Crippen MR) is 109 cm³/mol. The van der Waals surface area contributed by atoms with E-state index in [0.29, 0.717) is 29.9 Å². The summed E-state index contributed by atoms with van der Waals surface area (Å²) in [6.07, 6.45) is 0. The fraction of sp³-hybridized carbons (Fsp3) is 0.400. The van der Waals surface area contributed by atoms with Crippen LogP contribution in [0.15, 0.2) is 35.1 Å². The molecule has 2 heterocycles. The number of aryl methyl sites for hydroxylation is 1. The number of carbonyl (C=O) groups is 1. The molecule has 2 aromatic heterocycles. The molecule has 0 fully saturated rings. The van der Waals surface area contributed by atoms with E-state index in [4.69, 9.17) is 0 Å². The molecule has 0 saturated carbocycles. The summed E-state index contributed by atoms with van der Waals surface area (Å²) in [5, 5.41) is 1.67. The van der Waals surface area contributed by atoms with Gasteiger partial charge in [0.1, 0.15) is 0 Å². The van der Waals surface area contributed by atoms with Crippen molar-refractivity contribution in [2.75, 3.05) is 33.7 Å². The Morgan fingerprint density at radius 3 is 2.50 bits per heavy atom. The molecule has 0 aliphatic heterocycles. The van der Waals surface area contributed by atoms with Crippen molar-refractivity contribution in [3.63, 3.8) is 0 Å². The summed E-state index contributed by atoms with van der Waals surface area (Å²) in [5.74, 6) is 0.00193. The number of benzene rings is 1. The fourth-order valence-corrected chi connectivity index (χ4v) is 4.36. The molecule has 0 aliphatic rings. The summed E-state index contributed by atoms with van der Waals surface area (Å²) < 4.78 is 2.68. The second kappa shape index (κ2) is 7.60. The lowest BCUT2D eigenvalue weighted by Crippen LogP contribution is -2.36. The summed E-state index contributed by atoms with van der Waals surface area (Å²) in [5.41, 5.74) is 0.904. The summed E-state index contributed by atoms with van der Waals surface area (Å²) in [6.45, 7) is 6.71. The standard InChI is InChI=1S/C20H25N3O2S/c1-5-22(12-11-21(3)4)20(25)17-13-15-18(26-17)14-9-7-8-10-16(14)23(6-2)19(15)24/h7-10,13H,5-6,11-12H2,1-4H3. The molecule has 0 atom stereocenters. The first-order valence-corrected chi connectivity index (χ1v) is 9.78. The lowest BCUT2D eigenvalue weighted by Gasteiger charge is -2.22. The summed E-state index contributed by atoms with van der Waals surface area (Å²) in [7, 11) is 3.99. The van der Waals surface area contributed by atoms with Gasteiger partial charge in [-0.25, -0.2) is 0 Å². The molecule has 0 bridgehead atoms. The molecule has 0 spiro atoms. The molecule has 1 amide bonds. The first kappa shape index (κ1) is 18.6. The zero-order chi connectivity index (χ0) is 18.8. The lowest BCUT2D eigenvalue weighted by atomic mass is 10.1. The van der Waals surface area contributed by atoms with Crippen LogP contribution in [0.25, 0.3) is 21.0 Å². The van der Waals surface area contributed by atoms with E-state index >= 15 is 0 Å². The second-order valence-corrected chi connectivity index (χ2v) is 7.66. The number of nitrogens with zero attached hydrogens (tertiary/aromatic N) is 3. The summed E-state index contributed by atoms with van der Waals surface area (Å²) >= 11 is 1.43. The van der Waals surface area contributed by atoms with Gasteiger partial charge in [-0.3, -0.25) is 9.59 Å². The first-order valence-electron chi connectivity index (χ1n) is 8.97. The van der Waals surface area contributed by atoms with Crippen molar-refractivity contribution in [1.82, 2.24) is 14.4 Å². The SMILES string of the molecule is CCN(CCN(C)C)C(=O)c1cc2c(=O)n(CC)c3ccccc3c2s1. The minimum Gasteiger partial charge on any atom is -0.337 e. The molecule has 0 aliphatic carbocycles. The zero-order valence-electron chi connectivity index (χ0n) is 15.8. The van der Waals surface area contributed by atoms with Gasteiger partial charge in [-0.1, -0.05) is 18.2 Å². The highest BCUT2D eigenvalue weighted by Gasteiger charge is 2.20. The van der Waals surface area contributed by atoms with Crippen LogP contribution in [-0.2, 0) is 6.54 Å². The van der Waals surface area contributed by atoms with Gasteiger partial charge in [-0.15, -0.1) is 11.3 Å². The van der Waals surface area contributed by atoms with Crippen LogP contribution >= 0.6 is 11.3 Å². The van der Waals surface area contributed by atoms with Crippen molar-refractivity contribution < 1.29 is 4.79 Å². The molecule has 26 heavy (non-hydrogen) atoms. The second-order valence-electron chi connectivity index (χ2n) is 6.61. The number of hydrogen-bond donors (Lipinski definition) is 0. The average Bonchev–Trinajstić information content (AvgIpc) is 3.08. The molecule has 0 saturated heterocycles. The molecular weight excluding hydrogens is 346 g/mol. The zero-order valence-corrected chi connectivity index (χ0v) is 16.6. The smallest absolute Gasteiger partial charge is 0.264 e. The predicted octanol–water partition coefficient (Wildman–Crippen LogP) is 3.26. The topological polar surface area (TPSA) is 45.6 Å². The van der Waals surface area contributed by atoms with Crippen molar-refractivity contribution in [1.29, 1.82) is 0 Å². The van der Waals surface area contributed by atoms with Gasteiger partial charge in [0.05, 0.1) is 15.8 Å². The van der Waals surface area contributed by atoms with Gasteiger partial charge in [-0.2, -0.15) is 0 Å². The van der Waals surface area contributed by atoms with E-state index in [9.17, 15) is 9.59 Å². The Morgan fingerprint density at radius 1 is 1.12 bits per heavy atom. The monoisotopic (exact) mass is 371 g/mol. The van der Waals surface area contributed by atoms with Gasteiger partial charge in [0, 0.05) is 36.3 Å². The third kappa shape index (κ3) is 3.27. The van der Waals surface area contributed by atoms with Crippen LogP contribution in [0.4, 0.5) is 0 Å². The average molecular weight is 372 g/mol. The highest BCUT2D eigenvalue weighted by molar-refractivity contribution is 7.21. The van der Waals surface area contributed by atoms with Crippen molar-refractivity contribution in [2.45, 2.75) is 20.4 Å². The highest BCUT2D eigenvalue weighted by Crippen LogP contribution is 2.31. The lowest BCUT2D eigenvalue weighted by molar-refractivity contribution is 0.0759. The number of pyridine rings is 1. The molecule has 1 aromatic carbocycles. The van der Waals surface area contributed by atoms with E-state index < -0.39 is 0 Å². The third-order valence-corrected chi connectivity index (χ3v) is 5.82. The fourth-order valence-electron chi connectivity index (χ4n) is 3.20. The maximum atomic E-state index is 13.0. The summed E-state index contributed by atoms with van der Waals surface area (Å²) in [6, 6.07) is 9.69. The van der Waals surface area contributed by atoms with Crippen LogP contribution in [0.2, 0.25) is 0 Å². The van der Waals surface area contributed by atoms with Crippen LogP contribution in [0.5, 0.6) is 0 Å². The number of thiophene rings is 1. The largest absolute Gasteiger partial charge is 0.337 e. The van der Waals surface area contributed by atoms with Crippen LogP contribution in [0.3, 0.4) is 0 Å². The maximum Gasteiger partial charge on any atom is 0.264 e. The van der Waals surface area contributed by atoms with Crippen molar-refractivity contribution in [3.8, 4) is 0 Å². The highest BCUT2D eigenvalue weighted by atomic mass is 32.1. The third-order valence-electron chi connectivity index (χ3n) is 4.66. The molecule has 0 unspecified atom stereocenters. The Hall–Kier alpha value is -2.18. The number of para-hydroxylation sites is 1. The molecule has 0 N–H and O–H groups in total. The van der Waals surface area contributed by atoms with Crippen molar-refractivity contribution in [3.05, 3.63) is 45.6 Å².